The molecule has 1 N–H and O–H groups in total. The topological polar surface area (TPSA) is 46.2 Å². The number of hydrogen-bond acceptors (Lipinski definition) is 2. The first-order chi connectivity index (χ1) is 7.95. The molecular formula is C12H18BrNO2S. The van der Waals surface area contributed by atoms with Crippen LogP contribution in [0.3, 0.4) is 0 Å². The highest BCUT2D eigenvalue weighted by Crippen LogP contribution is 2.12. The van der Waals surface area contributed by atoms with Crippen molar-refractivity contribution in [1.82, 2.24) is 4.72 Å². The predicted octanol–water partition coefficient (Wildman–Crippen LogP) is 2.84. The van der Waals surface area contributed by atoms with Gasteiger partial charge in [0.25, 0.3) is 0 Å². The molecule has 96 valence electrons. The minimum absolute atomic E-state index is 0.0435. The molecule has 0 bridgehead atoms. The Morgan fingerprint density at radius 2 is 2.12 bits per heavy atom. The molecule has 0 saturated heterocycles. The number of sulfonamides is 1. The molecule has 1 aromatic rings. The van der Waals surface area contributed by atoms with E-state index in [2.05, 4.69) is 20.7 Å². The zero-order valence-electron chi connectivity index (χ0n) is 10.1. The van der Waals surface area contributed by atoms with Crippen LogP contribution in [0.5, 0.6) is 0 Å². The molecule has 0 saturated carbocycles. The second kappa shape index (κ2) is 6.52. The van der Waals surface area contributed by atoms with Crippen molar-refractivity contribution < 1.29 is 8.42 Å². The van der Waals surface area contributed by atoms with Gasteiger partial charge in [0.1, 0.15) is 0 Å². The number of aryl methyl sites for hydroxylation is 1. The van der Waals surface area contributed by atoms with E-state index in [0.29, 0.717) is 4.90 Å². The van der Waals surface area contributed by atoms with E-state index in [4.69, 9.17) is 0 Å². The van der Waals surface area contributed by atoms with E-state index in [0.717, 1.165) is 23.7 Å². The van der Waals surface area contributed by atoms with E-state index >= 15 is 0 Å². The predicted molar refractivity (Wildman–Crippen MR) is 74.0 cm³/mol. The van der Waals surface area contributed by atoms with Crippen LogP contribution in [0.1, 0.15) is 25.3 Å². The minimum atomic E-state index is -3.38. The highest BCUT2D eigenvalue weighted by molar-refractivity contribution is 9.09. The van der Waals surface area contributed by atoms with Gasteiger partial charge in [-0.2, -0.15) is 0 Å². The van der Waals surface area contributed by atoms with Crippen molar-refractivity contribution >= 4 is 26.0 Å². The molecule has 1 rings (SSSR count). The van der Waals surface area contributed by atoms with Gasteiger partial charge in [0.05, 0.1) is 4.90 Å². The molecule has 0 aliphatic heterocycles. The molecule has 1 aromatic carbocycles. The quantitative estimate of drug-likeness (QED) is 0.819. The van der Waals surface area contributed by atoms with E-state index in [1.165, 1.54) is 0 Å². The molecule has 3 nitrogen and oxygen atoms in total. The van der Waals surface area contributed by atoms with Gasteiger partial charge in [-0.25, -0.2) is 13.1 Å². The first-order valence-corrected chi connectivity index (χ1v) is 8.21. The fourth-order valence-electron chi connectivity index (χ4n) is 1.56. The third kappa shape index (κ3) is 4.77. The van der Waals surface area contributed by atoms with Crippen LogP contribution in [-0.2, 0) is 10.0 Å². The molecule has 17 heavy (non-hydrogen) atoms. The summed E-state index contributed by atoms with van der Waals surface area (Å²) in [4.78, 5) is 0.336. The minimum Gasteiger partial charge on any atom is -0.208 e. The molecule has 1 unspecified atom stereocenters. The molecule has 0 aliphatic rings. The number of halogens is 1. The standard InChI is InChI=1S/C12H18BrNO2S/c1-10-5-3-7-12(9-10)17(15,16)14-11(2)6-4-8-13/h3,5,7,9,11,14H,4,6,8H2,1-2H3. The highest BCUT2D eigenvalue weighted by atomic mass is 79.9. The molecular weight excluding hydrogens is 302 g/mol. The Kier molecular flexibility index (Phi) is 5.62. The third-order valence-electron chi connectivity index (χ3n) is 2.43. The second-order valence-electron chi connectivity index (χ2n) is 4.17. The van der Waals surface area contributed by atoms with Gasteiger partial charge in [-0.1, -0.05) is 28.1 Å². The summed E-state index contributed by atoms with van der Waals surface area (Å²) in [5.41, 5.74) is 0.945. The van der Waals surface area contributed by atoms with Crippen LogP contribution in [0, 0.1) is 6.92 Å². The SMILES string of the molecule is Cc1cccc(S(=O)(=O)NC(C)CCCBr)c1. The first kappa shape index (κ1) is 14.7. The summed E-state index contributed by atoms with van der Waals surface area (Å²) >= 11 is 3.33. The lowest BCUT2D eigenvalue weighted by molar-refractivity contribution is 0.545. The van der Waals surface area contributed by atoms with E-state index in [9.17, 15) is 8.42 Å². The molecule has 5 heteroatoms. The van der Waals surface area contributed by atoms with Gasteiger partial charge in [-0.05, 0) is 44.4 Å². The average molecular weight is 320 g/mol. The molecule has 0 heterocycles. The lowest BCUT2D eigenvalue weighted by Gasteiger charge is -2.13. The average Bonchev–Trinajstić information content (AvgIpc) is 2.26. The van der Waals surface area contributed by atoms with Crippen LogP contribution in [0.15, 0.2) is 29.2 Å². The molecule has 1 atom stereocenters. The summed E-state index contributed by atoms with van der Waals surface area (Å²) in [5.74, 6) is 0. The number of rotatable bonds is 6. The maximum Gasteiger partial charge on any atom is 0.240 e. The maximum absolute atomic E-state index is 12.0. The summed E-state index contributed by atoms with van der Waals surface area (Å²) in [6, 6.07) is 6.89. The summed E-state index contributed by atoms with van der Waals surface area (Å²) in [5, 5.41) is 0.892. The lowest BCUT2D eigenvalue weighted by atomic mass is 10.2. The maximum atomic E-state index is 12.0. The number of benzene rings is 1. The van der Waals surface area contributed by atoms with Gasteiger partial charge in [0, 0.05) is 11.4 Å². The van der Waals surface area contributed by atoms with E-state index in [-0.39, 0.29) is 6.04 Å². The van der Waals surface area contributed by atoms with Crippen molar-refractivity contribution in [2.24, 2.45) is 0 Å². The second-order valence-corrected chi connectivity index (χ2v) is 6.68. The molecule has 0 amide bonds. The largest absolute Gasteiger partial charge is 0.240 e. The zero-order valence-corrected chi connectivity index (χ0v) is 12.5. The number of nitrogens with one attached hydrogen (secondary N) is 1. The Morgan fingerprint density at radius 1 is 1.41 bits per heavy atom. The normalized spacial score (nSPS) is 13.6. The van der Waals surface area contributed by atoms with E-state index < -0.39 is 10.0 Å². The molecule has 0 radical (unpaired) electrons. The molecule has 0 aromatic heterocycles. The monoisotopic (exact) mass is 319 g/mol. The fourth-order valence-corrected chi connectivity index (χ4v) is 3.26. The summed E-state index contributed by atoms with van der Waals surface area (Å²) < 4.78 is 26.8. The van der Waals surface area contributed by atoms with Crippen LogP contribution >= 0.6 is 15.9 Å². The summed E-state index contributed by atoms with van der Waals surface area (Å²) in [6.07, 6.45) is 1.79. The van der Waals surface area contributed by atoms with Gasteiger partial charge in [0.15, 0.2) is 0 Å². The third-order valence-corrected chi connectivity index (χ3v) is 4.57. The fraction of sp³-hybridized carbons (Fsp3) is 0.500. The van der Waals surface area contributed by atoms with Crippen molar-refractivity contribution in [3.05, 3.63) is 29.8 Å². The van der Waals surface area contributed by atoms with E-state index in [1.807, 2.05) is 19.9 Å². The van der Waals surface area contributed by atoms with Gasteiger partial charge >= 0.3 is 0 Å². The van der Waals surface area contributed by atoms with Crippen molar-refractivity contribution in [2.45, 2.75) is 37.6 Å². The van der Waals surface area contributed by atoms with Crippen LogP contribution in [-0.4, -0.2) is 19.8 Å². The van der Waals surface area contributed by atoms with Crippen LogP contribution in [0.2, 0.25) is 0 Å². The van der Waals surface area contributed by atoms with Gasteiger partial charge < -0.3 is 0 Å². The van der Waals surface area contributed by atoms with Gasteiger partial charge in [0.2, 0.25) is 10.0 Å². The Bertz CT molecular complexity index is 459. The van der Waals surface area contributed by atoms with E-state index in [1.54, 1.807) is 18.2 Å². The molecule has 0 aliphatic carbocycles. The molecule has 0 fully saturated rings. The lowest BCUT2D eigenvalue weighted by Crippen LogP contribution is -2.32. The van der Waals surface area contributed by atoms with Crippen LogP contribution < -0.4 is 4.72 Å². The van der Waals surface area contributed by atoms with Gasteiger partial charge in [-0.15, -0.1) is 0 Å². The first-order valence-electron chi connectivity index (χ1n) is 5.60. The molecule has 0 spiro atoms. The Balaban J connectivity index is 2.75. The Morgan fingerprint density at radius 3 is 2.71 bits per heavy atom. The number of hydrogen-bond donors (Lipinski definition) is 1. The summed E-state index contributed by atoms with van der Waals surface area (Å²) in [6.45, 7) is 3.77. The van der Waals surface area contributed by atoms with Crippen molar-refractivity contribution in [2.75, 3.05) is 5.33 Å². The number of alkyl halides is 1. The van der Waals surface area contributed by atoms with Crippen molar-refractivity contribution in [3.63, 3.8) is 0 Å². The highest BCUT2D eigenvalue weighted by Gasteiger charge is 2.16. The smallest absolute Gasteiger partial charge is 0.208 e. The van der Waals surface area contributed by atoms with Gasteiger partial charge in [-0.3, -0.25) is 0 Å². The van der Waals surface area contributed by atoms with Crippen molar-refractivity contribution in [3.8, 4) is 0 Å². The Labute approximate surface area is 112 Å². The summed E-state index contributed by atoms with van der Waals surface area (Å²) in [7, 11) is -3.38. The van der Waals surface area contributed by atoms with Crippen LogP contribution in [0.4, 0.5) is 0 Å². The Hall–Kier alpha value is -0.390. The zero-order chi connectivity index (χ0) is 12.9. The van der Waals surface area contributed by atoms with Crippen LogP contribution in [0.25, 0.3) is 0 Å². The van der Waals surface area contributed by atoms with Crippen molar-refractivity contribution in [1.29, 1.82) is 0 Å².